The highest BCUT2D eigenvalue weighted by Gasteiger charge is 2.21. The third-order valence-electron chi connectivity index (χ3n) is 6.34. The highest BCUT2D eigenvalue weighted by atomic mass is 19.1. The summed E-state index contributed by atoms with van der Waals surface area (Å²) >= 11 is 0. The van der Waals surface area contributed by atoms with E-state index in [1.54, 1.807) is 12.1 Å². The van der Waals surface area contributed by atoms with Crippen LogP contribution in [0.25, 0.3) is 11.1 Å². The van der Waals surface area contributed by atoms with Crippen molar-refractivity contribution < 1.29 is 14.2 Å². The second-order valence-electron chi connectivity index (χ2n) is 8.60. The molecule has 1 aliphatic heterocycles. The summed E-state index contributed by atoms with van der Waals surface area (Å²) in [6.07, 6.45) is 1.83. The number of likely N-dealkylation sites (tertiary alicyclic amines) is 1. The molecule has 0 bridgehead atoms. The first-order valence-corrected chi connectivity index (χ1v) is 11.8. The monoisotopic (exact) mass is 445 g/mol. The van der Waals surface area contributed by atoms with Gasteiger partial charge >= 0.3 is 0 Å². The maximum atomic E-state index is 12.8. The molecule has 1 saturated heterocycles. The average molecular weight is 446 g/mol. The van der Waals surface area contributed by atoms with Gasteiger partial charge in [0, 0.05) is 19.0 Å². The number of benzene rings is 3. The molecule has 0 unspecified atom stereocenters. The zero-order valence-electron chi connectivity index (χ0n) is 19.2. The van der Waals surface area contributed by atoms with E-state index < -0.39 is 0 Å². The van der Waals surface area contributed by atoms with E-state index in [4.69, 9.17) is 4.74 Å². The molecule has 0 aromatic heterocycles. The Bertz CT molecular complexity index is 1050. The lowest BCUT2D eigenvalue weighted by Crippen LogP contribution is -2.26. The van der Waals surface area contributed by atoms with Gasteiger partial charge in [-0.15, -0.1) is 0 Å². The van der Waals surface area contributed by atoms with Crippen LogP contribution in [0, 0.1) is 5.92 Å². The Balaban J connectivity index is 1.55. The SMILES string of the molecule is CC/C(=C(\c1ccc(O)cc1)c1ccc(OCCN2CC[C@H](CF)C2)cc1)c1ccccc1. The smallest absolute Gasteiger partial charge is 0.119 e. The zero-order chi connectivity index (χ0) is 23.0. The first-order valence-electron chi connectivity index (χ1n) is 11.8. The number of hydrogen-bond acceptors (Lipinski definition) is 3. The van der Waals surface area contributed by atoms with Gasteiger partial charge in [-0.25, -0.2) is 0 Å². The molecule has 33 heavy (non-hydrogen) atoms. The average Bonchev–Trinajstić information content (AvgIpc) is 3.32. The molecule has 1 atom stereocenters. The van der Waals surface area contributed by atoms with Crippen LogP contribution < -0.4 is 4.74 Å². The molecular weight excluding hydrogens is 413 g/mol. The normalized spacial score (nSPS) is 17.1. The molecule has 4 heteroatoms. The molecule has 1 aliphatic rings. The quantitative estimate of drug-likeness (QED) is 0.385. The standard InChI is InChI=1S/C29H32FNO2/c1-2-28(23-6-4-3-5-7-23)29(24-8-12-26(32)13-9-24)25-10-14-27(15-11-25)33-19-18-31-17-16-22(20-30)21-31/h3-15,22,32H,2,16-21H2,1H3/b29-28-/t22-/m1/s1. The van der Waals surface area contributed by atoms with Crippen LogP contribution in [0.15, 0.2) is 78.9 Å². The van der Waals surface area contributed by atoms with Gasteiger partial charge in [0.05, 0.1) is 6.67 Å². The Kier molecular flexibility index (Phi) is 7.79. The number of phenols is 1. The molecule has 0 saturated carbocycles. The van der Waals surface area contributed by atoms with Gasteiger partial charge in [0.1, 0.15) is 18.1 Å². The number of allylic oxidation sites excluding steroid dienone is 1. The molecule has 1 fully saturated rings. The van der Waals surface area contributed by atoms with Crippen LogP contribution in [0.2, 0.25) is 0 Å². The molecule has 3 aromatic rings. The second kappa shape index (κ2) is 11.2. The van der Waals surface area contributed by atoms with E-state index in [9.17, 15) is 9.50 Å². The van der Waals surface area contributed by atoms with Gasteiger partial charge in [0.25, 0.3) is 0 Å². The van der Waals surface area contributed by atoms with Crippen molar-refractivity contribution in [2.75, 3.05) is 32.9 Å². The Morgan fingerprint density at radius 3 is 2.21 bits per heavy atom. The molecule has 3 nitrogen and oxygen atoms in total. The van der Waals surface area contributed by atoms with Crippen molar-refractivity contribution in [3.63, 3.8) is 0 Å². The number of rotatable bonds is 9. The van der Waals surface area contributed by atoms with Crippen molar-refractivity contribution >= 4 is 11.1 Å². The van der Waals surface area contributed by atoms with Crippen molar-refractivity contribution in [1.29, 1.82) is 0 Å². The van der Waals surface area contributed by atoms with Gasteiger partial charge in [-0.05, 0) is 71.5 Å². The first kappa shape index (κ1) is 23.1. The van der Waals surface area contributed by atoms with Gasteiger partial charge in [-0.3, -0.25) is 9.29 Å². The molecule has 172 valence electrons. The molecule has 0 spiro atoms. The topological polar surface area (TPSA) is 32.7 Å². The van der Waals surface area contributed by atoms with E-state index >= 15 is 0 Å². The number of phenolic OH excluding ortho intramolecular Hbond substituents is 1. The van der Waals surface area contributed by atoms with E-state index in [1.165, 1.54) is 11.1 Å². The lowest BCUT2D eigenvalue weighted by molar-refractivity contribution is 0.228. The van der Waals surface area contributed by atoms with Crippen LogP contribution in [0.1, 0.15) is 36.5 Å². The molecule has 0 amide bonds. The third-order valence-corrected chi connectivity index (χ3v) is 6.34. The van der Waals surface area contributed by atoms with Crippen molar-refractivity contribution in [3.05, 3.63) is 95.6 Å². The van der Waals surface area contributed by atoms with Gasteiger partial charge in [-0.2, -0.15) is 0 Å². The number of hydrogen-bond donors (Lipinski definition) is 1. The molecule has 0 radical (unpaired) electrons. The van der Waals surface area contributed by atoms with E-state index in [2.05, 4.69) is 48.2 Å². The predicted molar refractivity (Wildman–Crippen MR) is 133 cm³/mol. The van der Waals surface area contributed by atoms with E-state index in [1.807, 2.05) is 30.3 Å². The summed E-state index contributed by atoms with van der Waals surface area (Å²) in [6.45, 7) is 5.16. The number of halogens is 1. The largest absolute Gasteiger partial charge is 0.508 e. The summed E-state index contributed by atoms with van der Waals surface area (Å²) in [5, 5.41) is 9.79. The number of alkyl halides is 1. The minimum Gasteiger partial charge on any atom is -0.508 e. The Labute approximate surface area is 196 Å². The fraction of sp³-hybridized carbons (Fsp3) is 0.310. The minimum atomic E-state index is -0.224. The van der Waals surface area contributed by atoms with E-state index in [0.29, 0.717) is 6.61 Å². The van der Waals surface area contributed by atoms with Crippen LogP contribution in [0.5, 0.6) is 11.5 Å². The minimum absolute atomic E-state index is 0.187. The van der Waals surface area contributed by atoms with Crippen molar-refractivity contribution in [1.82, 2.24) is 4.90 Å². The molecule has 0 aliphatic carbocycles. The lowest BCUT2D eigenvalue weighted by Gasteiger charge is -2.18. The van der Waals surface area contributed by atoms with Crippen molar-refractivity contribution in [2.24, 2.45) is 5.92 Å². The first-order chi connectivity index (χ1) is 16.2. The summed E-state index contributed by atoms with van der Waals surface area (Å²) in [5.41, 5.74) is 5.79. The summed E-state index contributed by atoms with van der Waals surface area (Å²) in [6, 6.07) is 26.1. The zero-order valence-corrected chi connectivity index (χ0v) is 19.2. The van der Waals surface area contributed by atoms with Crippen LogP contribution in [-0.4, -0.2) is 42.9 Å². The fourth-order valence-corrected chi connectivity index (χ4v) is 4.56. The van der Waals surface area contributed by atoms with Crippen LogP contribution >= 0.6 is 0 Å². The van der Waals surface area contributed by atoms with Crippen molar-refractivity contribution in [2.45, 2.75) is 19.8 Å². The summed E-state index contributed by atoms with van der Waals surface area (Å²) < 4.78 is 18.8. The van der Waals surface area contributed by atoms with E-state index in [-0.39, 0.29) is 18.3 Å². The highest BCUT2D eigenvalue weighted by molar-refractivity contribution is 5.98. The molecule has 1 N–H and O–H groups in total. The molecule has 3 aromatic carbocycles. The van der Waals surface area contributed by atoms with Crippen LogP contribution in [-0.2, 0) is 0 Å². The Morgan fingerprint density at radius 2 is 1.61 bits per heavy atom. The molecule has 4 rings (SSSR count). The van der Waals surface area contributed by atoms with Gasteiger partial charge in [0.15, 0.2) is 0 Å². The summed E-state index contributed by atoms with van der Waals surface area (Å²) in [7, 11) is 0. The van der Waals surface area contributed by atoms with Crippen LogP contribution in [0.4, 0.5) is 4.39 Å². The molecule has 1 heterocycles. The molecular formula is C29H32FNO2. The number of nitrogens with zero attached hydrogens (tertiary/aromatic N) is 1. The van der Waals surface area contributed by atoms with Crippen LogP contribution in [0.3, 0.4) is 0 Å². The third kappa shape index (κ3) is 5.82. The Hall–Kier alpha value is -3.11. The van der Waals surface area contributed by atoms with Gasteiger partial charge < -0.3 is 9.84 Å². The maximum Gasteiger partial charge on any atom is 0.119 e. The van der Waals surface area contributed by atoms with Crippen molar-refractivity contribution in [3.8, 4) is 11.5 Å². The summed E-state index contributed by atoms with van der Waals surface area (Å²) in [5.74, 6) is 1.28. The predicted octanol–water partition coefficient (Wildman–Crippen LogP) is 6.43. The van der Waals surface area contributed by atoms with Gasteiger partial charge in [0.2, 0.25) is 0 Å². The number of ether oxygens (including phenoxy) is 1. The maximum absolute atomic E-state index is 12.8. The number of aromatic hydroxyl groups is 1. The highest BCUT2D eigenvalue weighted by Crippen LogP contribution is 2.35. The summed E-state index contributed by atoms with van der Waals surface area (Å²) in [4.78, 5) is 2.28. The lowest BCUT2D eigenvalue weighted by atomic mass is 9.88. The Morgan fingerprint density at radius 1 is 0.939 bits per heavy atom. The fourth-order valence-electron chi connectivity index (χ4n) is 4.56. The second-order valence-corrected chi connectivity index (χ2v) is 8.60. The van der Waals surface area contributed by atoms with E-state index in [0.717, 1.165) is 54.9 Å². The van der Waals surface area contributed by atoms with Gasteiger partial charge in [-0.1, -0.05) is 61.5 Å².